The van der Waals surface area contributed by atoms with Gasteiger partial charge in [0.1, 0.15) is 0 Å². The third-order valence-corrected chi connectivity index (χ3v) is 3.28. The van der Waals surface area contributed by atoms with Gasteiger partial charge in [0, 0.05) is 16.8 Å². The van der Waals surface area contributed by atoms with Crippen LogP contribution in [0, 0.1) is 0 Å². The first-order chi connectivity index (χ1) is 8.91. The first kappa shape index (κ1) is 13.9. The summed E-state index contributed by atoms with van der Waals surface area (Å²) in [7, 11) is 0. The SMILES string of the molecule is Nc1c(C(=O)O)ccnc1-c1c(Cl)cc(Cl)cc1Cl. The molecule has 2 rings (SSSR count). The van der Waals surface area contributed by atoms with Gasteiger partial charge >= 0.3 is 5.97 Å². The predicted molar refractivity (Wildman–Crippen MR) is 76.1 cm³/mol. The van der Waals surface area contributed by atoms with E-state index in [1.54, 1.807) is 0 Å². The number of hydrogen-bond donors (Lipinski definition) is 2. The van der Waals surface area contributed by atoms with Gasteiger partial charge in [0.2, 0.25) is 0 Å². The van der Waals surface area contributed by atoms with Gasteiger partial charge in [-0.1, -0.05) is 34.8 Å². The molecule has 98 valence electrons. The van der Waals surface area contributed by atoms with Crippen molar-refractivity contribution in [3.63, 3.8) is 0 Å². The molecule has 0 saturated carbocycles. The van der Waals surface area contributed by atoms with Crippen molar-refractivity contribution in [1.29, 1.82) is 0 Å². The van der Waals surface area contributed by atoms with Crippen LogP contribution in [0.2, 0.25) is 15.1 Å². The molecule has 1 aromatic heterocycles. The van der Waals surface area contributed by atoms with Crippen LogP contribution in [0.25, 0.3) is 11.3 Å². The number of carboxylic acid groups (broad SMARTS) is 1. The number of carbonyl (C=O) groups is 1. The second kappa shape index (κ2) is 5.25. The van der Waals surface area contributed by atoms with Crippen molar-refractivity contribution >= 4 is 46.5 Å². The molecule has 0 saturated heterocycles. The molecule has 0 unspecified atom stereocenters. The van der Waals surface area contributed by atoms with E-state index in [1.165, 1.54) is 24.4 Å². The number of rotatable bonds is 2. The lowest BCUT2D eigenvalue weighted by Gasteiger charge is -2.11. The molecule has 1 aromatic carbocycles. The van der Waals surface area contributed by atoms with Crippen LogP contribution in [0.1, 0.15) is 10.4 Å². The third-order valence-electron chi connectivity index (χ3n) is 2.46. The lowest BCUT2D eigenvalue weighted by atomic mass is 10.1. The second-order valence-corrected chi connectivity index (χ2v) is 4.92. The van der Waals surface area contributed by atoms with Crippen LogP contribution in [0.5, 0.6) is 0 Å². The number of nitrogen functional groups attached to an aromatic ring is 1. The molecule has 1 heterocycles. The summed E-state index contributed by atoms with van der Waals surface area (Å²) in [4.78, 5) is 15.1. The van der Waals surface area contributed by atoms with Crippen LogP contribution in [-0.4, -0.2) is 16.1 Å². The Balaban J connectivity index is 2.73. The van der Waals surface area contributed by atoms with E-state index in [2.05, 4.69) is 4.98 Å². The molecule has 19 heavy (non-hydrogen) atoms. The van der Waals surface area contributed by atoms with Crippen molar-refractivity contribution in [2.24, 2.45) is 0 Å². The molecule has 4 nitrogen and oxygen atoms in total. The number of benzene rings is 1. The Labute approximate surface area is 123 Å². The summed E-state index contributed by atoms with van der Waals surface area (Å²) >= 11 is 17.9. The number of carboxylic acids is 1. The molecule has 0 amide bonds. The van der Waals surface area contributed by atoms with Crippen LogP contribution >= 0.6 is 34.8 Å². The highest BCUT2D eigenvalue weighted by atomic mass is 35.5. The Bertz CT molecular complexity index is 651. The molecular formula is C12H7Cl3N2O2. The molecule has 0 aliphatic rings. The Morgan fingerprint density at radius 3 is 2.32 bits per heavy atom. The second-order valence-electron chi connectivity index (χ2n) is 3.67. The zero-order valence-corrected chi connectivity index (χ0v) is 11.6. The highest BCUT2D eigenvalue weighted by Crippen LogP contribution is 2.39. The van der Waals surface area contributed by atoms with Crippen LogP contribution in [-0.2, 0) is 0 Å². The monoisotopic (exact) mass is 316 g/mol. The maximum atomic E-state index is 11.0. The Kier molecular flexibility index (Phi) is 3.85. The third kappa shape index (κ3) is 2.61. The van der Waals surface area contributed by atoms with E-state index in [1.807, 2.05) is 0 Å². The molecule has 0 atom stereocenters. The quantitative estimate of drug-likeness (QED) is 0.878. The lowest BCUT2D eigenvalue weighted by Crippen LogP contribution is -2.05. The van der Waals surface area contributed by atoms with Crippen LogP contribution in [0.4, 0.5) is 5.69 Å². The number of anilines is 1. The van der Waals surface area contributed by atoms with Crippen molar-refractivity contribution in [3.05, 3.63) is 45.0 Å². The van der Waals surface area contributed by atoms with Crippen LogP contribution < -0.4 is 5.73 Å². The summed E-state index contributed by atoms with van der Waals surface area (Å²) < 4.78 is 0. The molecule has 0 aliphatic carbocycles. The summed E-state index contributed by atoms with van der Waals surface area (Å²) in [5.74, 6) is -1.15. The molecule has 0 fully saturated rings. The largest absolute Gasteiger partial charge is 0.478 e. The van der Waals surface area contributed by atoms with E-state index in [0.29, 0.717) is 10.6 Å². The minimum absolute atomic E-state index is 0.00104. The van der Waals surface area contributed by atoms with Crippen LogP contribution in [0.15, 0.2) is 24.4 Å². The molecule has 0 bridgehead atoms. The topological polar surface area (TPSA) is 76.2 Å². The average Bonchev–Trinajstić information content (AvgIpc) is 2.29. The molecule has 0 aliphatic heterocycles. The summed E-state index contributed by atoms with van der Waals surface area (Å²) in [6, 6.07) is 4.27. The van der Waals surface area contributed by atoms with Gasteiger partial charge in [0.05, 0.1) is 27.0 Å². The summed E-state index contributed by atoms with van der Waals surface area (Å²) in [6.07, 6.45) is 1.33. The molecule has 2 aromatic rings. The number of aromatic carboxylic acids is 1. The average molecular weight is 318 g/mol. The Hall–Kier alpha value is -1.49. The number of nitrogens with zero attached hydrogens (tertiary/aromatic N) is 1. The molecule has 3 N–H and O–H groups in total. The van der Waals surface area contributed by atoms with Crippen LogP contribution in [0.3, 0.4) is 0 Å². The maximum Gasteiger partial charge on any atom is 0.337 e. The van der Waals surface area contributed by atoms with Gasteiger partial charge in [0.15, 0.2) is 0 Å². The Morgan fingerprint density at radius 1 is 1.21 bits per heavy atom. The zero-order valence-electron chi connectivity index (χ0n) is 9.32. The van der Waals surface area contributed by atoms with Crippen molar-refractivity contribution in [2.45, 2.75) is 0 Å². The highest BCUT2D eigenvalue weighted by Gasteiger charge is 2.18. The maximum absolute atomic E-state index is 11.0. The number of pyridine rings is 1. The van der Waals surface area contributed by atoms with Gasteiger partial charge in [-0.2, -0.15) is 0 Å². The van der Waals surface area contributed by atoms with Gasteiger partial charge in [0.25, 0.3) is 0 Å². The van der Waals surface area contributed by atoms with Gasteiger partial charge in [-0.25, -0.2) is 4.79 Å². The van der Waals surface area contributed by atoms with Crippen molar-refractivity contribution < 1.29 is 9.90 Å². The van der Waals surface area contributed by atoms with E-state index in [0.717, 1.165) is 0 Å². The Morgan fingerprint density at radius 2 is 1.79 bits per heavy atom. The minimum Gasteiger partial charge on any atom is -0.478 e. The van der Waals surface area contributed by atoms with Crippen molar-refractivity contribution in [2.75, 3.05) is 5.73 Å². The van der Waals surface area contributed by atoms with Gasteiger partial charge < -0.3 is 10.8 Å². The van der Waals surface area contributed by atoms with E-state index < -0.39 is 5.97 Å². The summed E-state index contributed by atoms with van der Waals surface area (Å²) in [5.41, 5.74) is 6.31. The smallest absolute Gasteiger partial charge is 0.337 e. The van der Waals surface area contributed by atoms with E-state index in [4.69, 9.17) is 45.6 Å². The standard InChI is InChI=1S/C12H7Cl3N2O2/c13-5-3-7(14)9(8(15)4-5)11-10(16)6(12(18)19)1-2-17-11/h1-4H,16H2,(H,18,19). The molecule has 7 heteroatoms. The van der Waals surface area contributed by atoms with Crippen molar-refractivity contribution in [1.82, 2.24) is 4.98 Å². The first-order valence-corrected chi connectivity index (χ1v) is 6.18. The molecular weight excluding hydrogens is 311 g/mol. The fourth-order valence-electron chi connectivity index (χ4n) is 1.63. The summed E-state index contributed by atoms with van der Waals surface area (Å²) in [5, 5.41) is 9.89. The fourth-order valence-corrected chi connectivity index (χ4v) is 2.62. The lowest BCUT2D eigenvalue weighted by molar-refractivity contribution is 0.0698. The van der Waals surface area contributed by atoms with Gasteiger partial charge in [-0.05, 0) is 18.2 Å². The van der Waals surface area contributed by atoms with E-state index >= 15 is 0 Å². The molecule has 0 spiro atoms. The molecule has 0 radical (unpaired) electrons. The number of nitrogens with two attached hydrogens (primary N) is 1. The van der Waals surface area contributed by atoms with E-state index in [-0.39, 0.29) is 27.0 Å². The summed E-state index contributed by atoms with van der Waals surface area (Å²) in [6.45, 7) is 0. The van der Waals surface area contributed by atoms with Gasteiger partial charge in [-0.15, -0.1) is 0 Å². The number of halogens is 3. The van der Waals surface area contributed by atoms with E-state index in [9.17, 15) is 4.79 Å². The first-order valence-electron chi connectivity index (χ1n) is 5.04. The predicted octanol–water partition coefficient (Wildman–Crippen LogP) is 3.99. The zero-order chi connectivity index (χ0) is 14.2. The van der Waals surface area contributed by atoms with Crippen molar-refractivity contribution in [3.8, 4) is 11.3 Å². The minimum atomic E-state index is -1.15. The number of aromatic nitrogens is 1. The number of hydrogen-bond acceptors (Lipinski definition) is 3. The highest BCUT2D eigenvalue weighted by molar-refractivity contribution is 6.42. The normalized spacial score (nSPS) is 10.5. The van der Waals surface area contributed by atoms with Gasteiger partial charge in [-0.3, -0.25) is 4.98 Å². The fraction of sp³-hybridized carbons (Fsp3) is 0.